The first-order chi connectivity index (χ1) is 11.4. The van der Waals surface area contributed by atoms with Crippen molar-refractivity contribution in [2.45, 2.75) is 11.5 Å². The van der Waals surface area contributed by atoms with Crippen LogP contribution in [0.25, 0.3) is 0 Å². The zero-order chi connectivity index (χ0) is 17.7. The maximum absolute atomic E-state index is 12.3. The van der Waals surface area contributed by atoms with E-state index in [-0.39, 0.29) is 11.7 Å². The number of nitrogens with two attached hydrogens (primary N) is 1. The van der Waals surface area contributed by atoms with Crippen molar-refractivity contribution in [1.29, 1.82) is 0 Å². The number of anilines is 1. The Kier molecular flexibility index (Phi) is 6.28. The molecule has 2 aromatic carbocycles. The Hall–Kier alpha value is -1.99. The molecule has 0 bridgehead atoms. The fourth-order valence-corrected chi connectivity index (χ4v) is 2.50. The molecule has 0 amide bonds. The van der Waals surface area contributed by atoms with Gasteiger partial charge in [0.05, 0.1) is 10.7 Å². The Morgan fingerprint density at radius 1 is 1.29 bits per heavy atom. The molecule has 0 saturated heterocycles. The minimum atomic E-state index is -2.88. The first-order valence-electron chi connectivity index (χ1n) is 6.87. The molecule has 2 aromatic rings. The van der Waals surface area contributed by atoms with Crippen LogP contribution in [0.4, 0.5) is 20.2 Å². The third-order valence-corrected chi connectivity index (χ3v) is 4.21. The third kappa shape index (κ3) is 4.75. The summed E-state index contributed by atoms with van der Waals surface area (Å²) in [4.78, 5) is 6.88. The van der Waals surface area contributed by atoms with Gasteiger partial charge in [0, 0.05) is 23.7 Å². The average molecular weight is 371 g/mol. The Morgan fingerprint density at radius 3 is 2.71 bits per heavy atom. The van der Waals surface area contributed by atoms with Gasteiger partial charge < -0.3 is 15.4 Å². The number of hydrogen-bond acceptors (Lipinski definition) is 3. The van der Waals surface area contributed by atoms with E-state index in [4.69, 9.17) is 17.3 Å². The van der Waals surface area contributed by atoms with Crippen molar-refractivity contribution >= 4 is 40.7 Å². The van der Waals surface area contributed by atoms with E-state index in [1.807, 2.05) is 18.4 Å². The van der Waals surface area contributed by atoms with E-state index in [1.165, 1.54) is 12.1 Å². The lowest BCUT2D eigenvalue weighted by Gasteiger charge is -2.19. The molecule has 24 heavy (non-hydrogen) atoms. The van der Waals surface area contributed by atoms with Gasteiger partial charge in [0.1, 0.15) is 5.75 Å². The van der Waals surface area contributed by atoms with E-state index < -0.39 is 6.61 Å². The van der Waals surface area contributed by atoms with Crippen LogP contribution >= 0.6 is 23.4 Å². The van der Waals surface area contributed by atoms with E-state index in [1.54, 1.807) is 41.9 Å². The number of guanidine groups is 1. The Labute approximate surface area is 148 Å². The van der Waals surface area contributed by atoms with Gasteiger partial charge in [-0.05, 0) is 36.6 Å². The fourth-order valence-electron chi connectivity index (χ4n) is 1.90. The minimum absolute atomic E-state index is 0.0459. The second-order valence-corrected chi connectivity index (χ2v) is 6.01. The number of alkyl halides is 2. The number of aliphatic imine (C=N–C) groups is 1. The summed E-state index contributed by atoms with van der Waals surface area (Å²) in [6.45, 7) is -2.88. The van der Waals surface area contributed by atoms with Gasteiger partial charge in [-0.15, -0.1) is 11.8 Å². The molecule has 0 aliphatic carbocycles. The van der Waals surface area contributed by atoms with E-state index in [0.717, 1.165) is 4.90 Å². The molecular weight excluding hydrogens is 355 g/mol. The molecular formula is C16H16ClF2N3OS. The van der Waals surface area contributed by atoms with Crippen LogP contribution < -0.4 is 15.4 Å². The summed E-state index contributed by atoms with van der Waals surface area (Å²) >= 11 is 7.70. The van der Waals surface area contributed by atoms with Crippen LogP contribution in [-0.2, 0) is 0 Å². The van der Waals surface area contributed by atoms with E-state index in [2.05, 4.69) is 9.73 Å². The van der Waals surface area contributed by atoms with Crippen LogP contribution in [0.2, 0.25) is 5.02 Å². The van der Waals surface area contributed by atoms with Gasteiger partial charge in [0.2, 0.25) is 5.96 Å². The molecule has 2 rings (SSSR count). The summed E-state index contributed by atoms with van der Waals surface area (Å²) in [7, 11) is 1.67. The predicted molar refractivity (Wildman–Crippen MR) is 96.0 cm³/mol. The quantitative estimate of drug-likeness (QED) is 0.469. The van der Waals surface area contributed by atoms with Crippen LogP contribution in [0.15, 0.2) is 52.4 Å². The van der Waals surface area contributed by atoms with Crippen LogP contribution in [-0.4, -0.2) is 25.9 Å². The number of benzene rings is 2. The maximum atomic E-state index is 12.3. The molecule has 8 heteroatoms. The van der Waals surface area contributed by atoms with Gasteiger partial charge in [-0.25, -0.2) is 4.99 Å². The summed E-state index contributed by atoms with van der Waals surface area (Å²) in [6.07, 6.45) is 1.95. The first kappa shape index (κ1) is 18.4. The second-order valence-electron chi connectivity index (χ2n) is 4.72. The highest BCUT2D eigenvalue weighted by Gasteiger charge is 2.10. The lowest BCUT2D eigenvalue weighted by molar-refractivity contribution is -0.0498. The standard InChI is InChI=1S/C16H16ClF2N3OS/c1-22(10-4-3-5-11(8-10)23-15(18)19)16(20)21-14-9-12(24-2)6-7-13(14)17/h3-9,15H,1-2H3,(H2,20,21)/i1-1. The minimum Gasteiger partial charge on any atom is -0.435 e. The van der Waals surface area contributed by atoms with Crippen molar-refractivity contribution in [1.82, 2.24) is 0 Å². The Bertz CT molecular complexity index is 743. The van der Waals surface area contributed by atoms with Gasteiger partial charge in [-0.2, -0.15) is 8.78 Å². The molecule has 0 saturated carbocycles. The molecule has 0 unspecified atom stereocenters. The van der Waals surface area contributed by atoms with Gasteiger partial charge in [0.25, 0.3) is 0 Å². The summed E-state index contributed by atoms with van der Waals surface area (Å²) in [6, 6.07) is 11.7. The SMILES string of the molecule is CSc1ccc(Cl)c(N=C(N)N([11CH3])c2cccc(OC(F)F)c2)c1. The summed E-state index contributed by atoms with van der Waals surface area (Å²) in [5, 5.41) is 0.471. The van der Waals surface area contributed by atoms with Crippen molar-refractivity contribution < 1.29 is 13.5 Å². The molecule has 4 nitrogen and oxygen atoms in total. The number of hydrogen-bond donors (Lipinski definition) is 1. The highest BCUT2D eigenvalue weighted by molar-refractivity contribution is 7.98. The first-order valence-corrected chi connectivity index (χ1v) is 8.47. The zero-order valence-electron chi connectivity index (χ0n) is 13.0. The summed E-state index contributed by atoms with van der Waals surface area (Å²) in [5.74, 6) is 0.217. The number of thioether (sulfide) groups is 1. The van der Waals surface area contributed by atoms with Crippen molar-refractivity contribution in [3.63, 3.8) is 0 Å². The van der Waals surface area contributed by atoms with Crippen molar-refractivity contribution in [2.24, 2.45) is 10.7 Å². The molecule has 0 aliphatic rings. The largest absolute Gasteiger partial charge is 0.435 e. The number of ether oxygens (including phenoxy) is 1. The number of rotatable bonds is 5. The Morgan fingerprint density at radius 2 is 2.04 bits per heavy atom. The van der Waals surface area contributed by atoms with Crippen LogP contribution in [0.1, 0.15) is 0 Å². The topological polar surface area (TPSA) is 50.8 Å². The Balaban J connectivity index is 2.27. The smallest absolute Gasteiger partial charge is 0.387 e. The monoisotopic (exact) mass is 370 g/mol. The molecule has 0 aromatic heterocycles. The molecule has 2 N–H and O–H groups in total. The third-order valence-electron chi connectivity index (χ3n) is 3.16. The summed E-state index contributed by atoms with van der Waals surface area (Å²) < 4.78 is 29.0. The van der Waals surface area contributed by atoms with Crippen LogP contribution in [0.3, 0.4) is 0 Å². The highest BCUT2D eigenvalue weighted by Crippen LogP contribution is 2.30. The lowest BCUT2D eigenvalue weighted by atomic mass is 10.2. The molecule has 0 radical (unpaired) electrons. The molecule has 0 aliphatic heterocycles. The van der Waals surface area contributed by atoms with Crippen LogP contribution in [0, 0.1) is 0 Å². The molecule has 128 valence electrons. The average Bonchev–Trinajstić information content (AvgIpc) is 2.55. The van der Waals surface area contributed by atoms with E-state index in [9.17, 15) is 8.78 Å². The van der Waals surface area contributed by atoms with Gasteiger partial charge in [0.15, 0.2) is 0 Å². The van der Waals surface area contributed by atoms with Gasteiger partial charge in [-0.3, -0.25) is 0 Å². The lowest BCUT2D eigenvalue weighted by Crippen LogP contribution is -2.33. The number of halogens is 3. The van der Waals surface area contributed by atoms with Gasteiger partial charge >= 0.3 is 6.61 Å². The zero-order valence-corrected chi connectivity index (χ0v) is 14.6. The molecule has 0 spiro atoms. The second kappa shape index (κ2) is 8.21. The van der Waals surface area contributed by atoms with Crippen molar-refractivity contribution in [2.75, 3.05) is 18.2 Å². The van der Waals surface area contributed by atoms with Crippen molar-refractivity contribution in [3.05, 3.63) is 47.5 Å². The highest BCUT2D eigenvalue weighted by atomic mass is 35.5. The number of nitrogens with zero attached hydrogens (tertiary/aromatic N) is 2. The maximum Gasteiger partial charge on any atom is 0.387 e. The normalized spacial score (nSPS) is 11.7. The molecule has 0 atom stereocenters. The van der Waals surface area contributed by atoms with Crippen LogP contribution in [0.5, 0.6) is 5.75 Å². The van der Waals surface area contributed by atoms with Gasteiger partial charge in [-0.1, -0.05) is 17.7 Å². The van der Waals surface area contributed by atoms with Crippen molar-refractivity contribution in [3.8, 4) is 5.75 Å². The molecule has 0 heterocycles. The summed E-state index contributed by atoms with van der Waals surface area (Å²) in [5.41, 5.74) is 7.11. The fraction of sp³-hybridized carbons (Fsp3) is 0.188. The predicted octanol–water partition coefficient (Wildman–Crippen LogP) is 4.75. The van der Waals surface area contributed by atoms with E-state index in [0.29, 0.717) is 16.4 Å². The molecule has 0 fully saturated rings. The van der Waals surface area contributed by atoms with E-state index >= 15 is 0 Å².